The van der Waals surface area contributed by atoms with Gasteiger partial charge >= 0.3 is 6.18 Å². The third kappa shape index (κ3) is 4.01. The molecule has 3 rings (SSSR count). The zero-order valence-corrected chi connectivity index (χ0v) is 13.4. The van der Waals surface area contributed by atoms with Crippen LogP contribution < -0.4 is 10.6 Å². The Bertz CT molecular complexity index is 861. The maximum absolute atomic E-state index is 13.3. The standard InChI is InChI=1S/C18H14F4N2O2/c19-14-8-5-10(9-13(14)18(20,21)22)16(25)24-15-4-2-1-3-12(15)17(26)23-11-6-7-11/h1-5,8-9,11H,6-7H2,(H,23,26)(H,24,25). The molecule has 0 aromatic heterocycles. The van der Waals surface area contributed by atoms with Gasteiger partial charge in [-0.25, -0.2) is 4.39 Å². The molecule has 0 heterocycles. The van der Waals surface area contributed by atoms with E-state index in [9.17, 15) is 27.2 Å². The topological polar surface area (TPSA) is 58.2 Å². The number of benzene rings is 2. The average Bonchev–Trinajstić information content (AvgIpc) is 3.38. The fourth-order valence-electron chi connectivity index (χ4n) is 2.36. The first-order valence-electron chi connectivity index (χ1n) is 7.83. The molecule has 1 aliphatic rings. The molecule has 1 aliphatic carbocycles. The molecule has 2 aromatic carbocycles. The summed E-state index contributed by atoms with van der Waals surface area (Å²) in [5.74, 6) is -2.71. The summed E-state index contributed by atoms with van der Waals surface area (Å²) < 4.78 is 51.7. The Morgan fingerprint density at radius 1 is 1.00 bits per heavy atom. The molecule has 0 spiro atoms. The Balaban J connectivity index is 1.83. The fourth-order valence-corrected chi connectivity index (χ4v) is 2.36. The van der Waals surface area contributed by atoms with Gasteiger partial charge in [-0.1, -0.05) is 12.1 Å². The summed E-state index contributed by atoms with van der Waals surface area (Å²) in [5.41, 5.74) is -1.53. The molecule has 1 saturated carbocycles. The number of nitrogens with one attached hydrogen (secondary N) is 2. The molecule has 0 radical (unpaired) electrons. The highest BCUT2D eigenvalue weighted by atomic mass is 19.4. The van der Waals surface area contributed by atoms with Crippen LogP contribution in [0.5, 0.6) is 0 Å². The maximum atomic E-state index is 13.3. The average molecular weight is 366 g/mol. The first-order valence-corrected chi connectivity index (χ1v) is 7.83. The molecular weight excluding hydrogens is 352 g/mol. The second-order valence-corrected chi connectivity index (χ2v) is 5.94. The minimum absolute atomic E-state index is 0.109. The van der Waals surface area contributed by atoms with Gasteiger partial charge in [0.25, 0.3) is 11.8 Å². The van der Waals surface area contributed by atoms with Gasteiger partial charge in [0.1, 0.15) is 5.82 Å². The predicted molar refractivity (Wildman–Crippen MR) is 86.3 cm³/mol. The zero-order valence-electron chi connectivity index (χ0n) is 13.4. The minimum Gasteiger partial charge on any atom is -0.349 e. The van der Waals surface area contributed by atoms with Gasteiger partial charge in [-0.2, -0.15) is 13.2 Å². The molecule has 136 valence electrons. The van der Waals surface area contributed by atoms with Gasteiger partial charge in [0.15, 0.2) is 0 Å². The van der Waals surface area contributed by atoms with Crippen LogP contribution in [0, 0.1) is 5.82 Å². The number of alkyl halides is 3. The van der Waals surface area contributed by atoms with Crippen molar-refractivity contribution in [3.05, 3.63) is 65.0 Å². The number of carbonyl (C=O) groups excluding carboxylic acids is 2. The lowest BCUT2D eigenvalue weighted by atomic mass is 10.1. The van der Waals surface area contributed by atoms with E-state index in [1.54, 1.807) is 12.1 Å². The fraction of sp³-hybridized carbons (Fsp3) is 0.222. The van der Waals surface area contributed by atoms with Crippen LogP contribution in [0.15, 0.2) is 42.5 Å². The Hall–Kier alpha value is -2.90. The van der Waals surface area contributed by atoms with Crippen LogP contribution in [0.3, 0.4) is 0 Å². The molecular formula is C18H14F4N2O2. The number of para-hydroxylation sites is 1. The first kappa shape index (κ1) is 17.9. The Kier molecular flexibility index (Phi) is 4.67. The van der Waals surface area contributed by atoms with Crippen LogP contribution in [0.25, 0.3) is 0 Å². The highest BCUT2D eigenvalue weighted by molar-refractivity contribution is 6.09. The lowest BCUT2D eigenvalue weighted by molar-refractivity contribution is -0.140. The largest absolute Gasteiger partial charge is 0.419 e. The van der Waals surface area contributed by atoms with Crippen molar-refractivity contribution in [2.45, 2.75) is 25.1 Å². The van der Waals surface area contributed by atoms with E-state index in [0.29, 0.717) is 12.1 Å². The number of hydrogen-bond acceptors (Lipinski definition) is 2. The maximum Gasteiger partial charge on any atom is 0.419 e. The summed E-state index contributed by atoms with van der Waals surface area (Å²) >= 11 is 0. The highest BCUT2D eigenvalue weighted by Gasteiger charge is 2.34. The smallest absolute Gasteiger partial charge is 0.349 e. The molecule has 2 aromatic rings. The minimum atomic E-state index is -4.91. The number of amides is 2. The lowest BCUT2D eigenvalue weighted by Gasteiger charge is -2.13. The summed E-state index contributed by atoms with van der Waals surface area (Å²) in [5, 5.41) is 5.18. The number of carbonyl (C=O) groups is 2. The molecule has 2 amide bonds. The number of hydrogen-bond donors (Lipinski definition) is 2. The Morgan fingerprint density at radius 3 is 2.35 bits per heavy atom. The third-order valence-corrected chi connectivity index (χ3v) is 3.87. The van der Waals surface area contributed by atoms with Gasteiger partial charge in [0, 0.05) is 11.6 Å². The summed E-state index contributed by atoms with van der Waals surface area (Å²) in [6, 6.07) is 8.24. The van der Waals surface area contributed by atoms with Gasteiger partial charge in [-0.3, -0.25) is 9.59 Å². The van der Waals surface area contributed by atoms with Gasteiger partial charge < -0.3 is 10.6 Å². The van der Waals surface area contributed by atoms with Crippen LogP contribution in [0.2, 0.25) is 0 Å². The summed E-state index contributed by atoms with van der Waals surface area (Å²) in [4.78, 5) is 24.5. The van der Waals surface area contributed by atoms with E-state index in [1.165, 1.54) is 12.1 Å². The van der Waals surface area contributed by atoms with E-state index in [-0.39, 0.29) is 28.8 Å². The van der Waals surface area contributed by atoms with E-state index in [0.717, 1.165) is 18.9 Å². The number of halogens is 4. The van der Waals surface area contributed by atoms with Crippen molar-refractivity contribution in [3.63, 3.8) is 0 Å². The number of anilines is 1. The highest BCUT2D eigenvalue weighted by Crippen LogP contribution is 2.32. The SMILES string of the molecule is O=C(Nc1ccccc1C(=O)NC1CC1)c1ccc(F)c(C(F)(F)F)c1. The quantitative estimate of drug-likeness (QED) is 0.804. The molecule has 0 unspecified atom stereocenters. The predicted octanol–water partition coefficient (Wildman–Crippen LogP) is 3.99. The lowest BCUT2D eigenvalue weighted by Crippen LogP contribution is -2.27. The summed E-state index contributed by atoms with van der Waals surface area (Å²) in [6.07, 6.45) is -3.14. The molecule has 1 fully saturated rings. The van der Waals surface area contributed by atoms with Gasteiger partial charge in [-0.05, 0) is 43.2 Å². The molecule has 0 aliphatic heterocycles. The normalized spacial score (nSPS) is 14.0. The van der Waals surface area contributed by atoms with E-state index in [2.05, 4.69) is 10.6 Å². The van der Waals surface area contributed by atoms with E-state index in [1.807, 2.05) is 0 Å². The molecule has 0 saturated heterocycles. The van der Waals surface area contributed by atoms with Crippen molar-refractivity contribution in [1.29, 1.82) is 0 Å². The molecule has 0 bridgehead atoms. The number of rotatable bonds is 4. The van der Waals surface area contributed by atoms with Gasteiger partial charge in [0.05, 0.1) is 16.8 Å². The second-order valence-electron chi connectivity index (χ2n) is 5.94. The van der Waals surface area contributed by atoms with Crippen LogP contribution in [-0.4, -0.2) is 17.9 Å². The van der Waals surface area contributed by atoms with Crippen LogP contribution in [0.4, 0.5) is 23.2 Å². The first-order chi connectivity index (χ1) is 12.3. The third-order valence-electron chi connectivity index (χ3n) is 3.87. The van der Waals surface area contributed by atoms with Crippen molar-refractivity contribution >= 4 is 17.5 Å². The van der Waals surface area contributed by atoms with Crippen molar-refractivity contribution < 1.29 is 27.2 Å². The van der Waals surface area contributed by atoms with E-state index >= 15 is 0 Å². The van der Waals surface area contributed by atoms with Crippen LogP contribution >= 0.6 is 0 Å². The summed E-state index contributed by atoms with van der Waals surface area (Å²) in [7, 11) is 0. The second kappa shape index (κ2) is 6.78. The Morgan fingerprint density at radius 2 is 1.69 bits per heavy atom. The van der Waals surface area contributed by atoms with Crippen LogP contribution in [0.1, 0.15) is 39.1 Å². The van der Waals surface area contributed by atoms with Crippen LogP contribution in [-0.2, 0) is 6.18 Å². The van der Waals surface area contributed by atoms with Crippen molar-refractivity contribution in [1.82, 2.24) is 5.32 Å². The van der Waals surface area contributed by atoms with Crippen molar-refractivity contribution in [3.8, 4) is 0 Å². The van der Waals surface area contributed by atoms with Gasteiger partial charge in [-0.15, -0.1) is 0 Å². The molecule has 8 heteroatoms. The van der Waals surface area contributed by atoms with Crippen molar-refractivity contribution in [2.75, 3.05) is 5.32 Å². The summed E-state index contributed by atoms with van der Waals surface area (Å²) in [6.45, 7) is 0. The van der Waals surface area contributed by atoms with E-state index < -0.39 is 23.5 Å². The van der Waals surface area contributed by atoms with E-state index in [4.69, 9.17) is 0 Å². The van der Waals surface area contributed by atoms with Gasteiger partial charge in [0.2, 0.25) is 0 Å². The molecule has 4 nitrogen and oxygen atoms in total. The Labute approximate surface area is 146 Å². The van der Waals surface area contributed by atoms with Crippen molar-refractivity contribution in [2.24, 2.45) is 0 Å². The monoisotopic (exact) mass is 366 g/mol. The zero-order chi connectivity index (χ0) is 18.9. The molecule has 0 atom stereocenters. The molecule has 2 N–H and O–H groups in total. The molecule has 26 heavy (non-hydrogen) atoms.